The van der Waals surface area contributed by atoms with Crippen LogP contribution in [0, 0.1) is 11.8 Å². The van der Waals surface area contributed by atoms with E-state index >= 15 is 0 Å². The van der Waals surface area contributed by atoms with Crippen molar-refractivity contribution in [1.29, 1.82) is 0 Å². The summed E-state index contributed by atoms with van der Waals surface area (Å²) in [5, 5.41) is 0. The van der Waals surface area contributed by atoms with E-state index in [2.05, 4.69) is 42.0 Å². The molecule has 3 unspecified atom stereocenters. The molecule has 0 saturated heterocycles. The molecule has 2 aromatic rings. The highest BCUT2D eigenvalue weighted by Gasteiger charge is 2.39. The number of rotatable bonds is 5. The highest BCUT2D eigenvalue weighted by molar-refractivity contribution is 5.75. The zero-order valence-electron chi connectivity index (χ0n) is 11.6. The third kappa shape index (κ3) is 2.26. The second-order valence-electron chi connectivity index (χ2n) is 5.62. The molecule has 0 spiro atoms. The van der Waals surface area contributed by atoms with Gasteiger partial charge in [-0.15, -0.1) is 0 Å². The van der Waals surface area contributed by atoms with Crippen molar-refractivity contribution in [3.05, 3.63) is 30.1 Å². The van der Waals surface area contributed by atoms with E-state index in [-0.39, 0.29) is 0 Å². The molecule has 1 saturated carbocycles. The molecule has 3 rings (SSSR count). The van der Waals surface area contributed by atoms with Crippen molar-refractivity contribution in [2.75, 3.05) is 0 Å². The second kappa shape index (κ2) is 4.94. The summed E-state index contributed by atoms with van der Waals surface area (Å²) in [6, 6.07) is 8.68. The average Bonchev–Trinajstić information content (AvgIpc) is 3.04. The predicted octanol–water partition coefficient (Wildman–Crippen LogP) is 2.09. The van der Waals surface area contributed by atoms with E-state index in [0.717, 1.165) is 30.2 Å². The van der Waals surface area contributed by atoms with E-state index in [9.17, 15) is 0 Å². The number of benzene rings is 1. The molecular weight excluding hydrogens is 236 g/mol. The normalized spacial score (nSPS) is 23.7. The summed E-state index contributed by atoms with van der Waals surface area (Å²) < 4.78 is 2.30. The predicted molar refractivity (Wildman–Crippen MR) is 77.5 cm³/mol. The summed E-state index contributed by atoms with van der Waals surface area (Å²) in [5.74, 6) is 8.36. The molecule has 1 aliphatic rings. The Bertz CT molecular complexity index is 575. The summed E-state index contributed by atoms with van der Waals surface area (Å²) in [6.07, 6.45) is 2.19. The molecule has 1 aliphatic carbocycles. The molecule has 19 heavy (non-hydrogen) atoms. The number of para-hydroxylation sites is 2. The molecule has 0 amide bonds. The van der Waals surface area contributed by atoms with Crippen molar-refractivity contribution in [2.24, 2.45) is 17.7 Å². The molecule has 3 atom stereocenters. The van der Waals surface area contributed by atoms with Crippen molar-refractivity contribution >= 4 is 11.0 Å². The van der Waals surface area contributed by atoms with Gasteiger partial charge in [0.25, 0.3) is 0 Å². The Morgan fingerprint density at radius 1 is 1.47 bits per heavy atom. The Morgan fingerprint density at radius 2 is 2.21 bits per heavy atom. The number of hydrogen-bond donors (Lipinski definition) is 2. The molecule has 1 fully saturated rings. The van der Waals surface area contributed by atoms with Gasteiger partial charge in [0.2, 0.25) is 0 Å². The van der Waals surface area contributed by atoms with Crippen molar-refractivity contribution in [3.8, 4) is 0 Å². The molecule has 1 aromatic heterocycles. The van der Waals surface area contributed by atoms with Crippen LogP contribution >= 0.6 is 0 Å². The van der Waals surface area contributed by atoms with Gasteiger partial charge in [0, 0.05) is 19.0 Å². The lowest BCUT2D eigenvalue weighted by molar-refractivity contribution is 0.440. The maximum Gasteiger partial charge on any atom is 0.111 e. The largest absolute Gasteiger partial charge is 0.328 e. The maximum absolute atomic E-state index is 5.72. The summed E-state index contributed by atoms with van der Waals surface area (Å²) >= 11 is 0. The van der Waals surface area contributed by atoms with E-state index < -0.39 is 0 Å². The van der Waals surface area contributed by atoms with Crippen molar-refractivity contribution < 1.29 is 0 Å². The van der Waals surface area contributed by atoms with Gasteiger partial charge in [-0.1, -0.05) is 19.1 Å². The van der Waals surface area contributed by atoms with E-state index in [4.69, 9.17) is 10.8 Å². The van der Waals surface area contributed by atoms with Crippen LogP contribution in [-0.4, -0.2) is 15.6 Å². The van der Waals surface area contributed by atoms with E-state index in [1.165, 1.54) is 11.9 Å². The van der Waals surface area contributed by atoms with E-state index in [1.54, 1.807) is 0 Å². The number of nitrogens with two attached hydrogens (primary N) is 1. The van der Waals surface area contributed by atoms with Crippen LogP contribution in [-0.2, 0) is 13.0 Å². The Kier molecular flexibility index (Phi) is 3.29. The first-order valence-electron chi connectivity index (χ1n) is 7.14. The Balaban J connectivity index is 1.91. The van der Waals surface area contributed by atoms with Gasteiger partial charge in [-0.2, -0.15) is 0 Å². The Hall–Kier alpha value is -1.39. The lowest BCUT2D eigenvalue weighted by Gasteiger charge is -2.16. The number of nitrogens with one attached hydrogen (secondary N) is 1. The SMILES string of the molecule is CCn1c(CC(NN)C2CC2C)nc2ccccc21. The van der Waals surface area contributed by atoms with Gasteiger partial charge in [-0.05, 0) is 37.3 Å². The zero-order valence-corrected chi connectivity index (χ0v) is 11.6. The molecule has 1 aromatic carbocycles. The van der Waals surface area contributed by atoms with Crippen LogP contribution in [0.4, 0.5) is 0 Å². The van der Waals surface area contributed by atoms with Crippen molar-refractivity contribution in [2.45, 2.75) is 39.3 Å². The summed E-state index contributed by atoms with van der Waals surface area (Å²) in [6.45, 7) is 5.41. The number of hydrazine groups is 1. The van der Waals surface area contributed by atoms with Crippen LogP contribution in [0.1, 0.15) is 26.1 Å². The van der Waals surface area contributed by atoms with Crippen LogP contribution in [0.3, 0.4) is 0 Å². The first kappa shape index (κ1) is 12.6. The first-order chi connectivity index (χ1) is 9.24. The zero-order chi connectivity index (χ0) is 13.4. The Labute approximate surface area is 114 Å². The molecular formula is C15H22N4. The summed E-state index contributed by atoms with van der Waals surface area (Å²) in [7, 11) is 0. The third-order valence-corrected chi connectivity index (χ3v) is 4.35. The fourth-order valence-electron chi connectivity index (χ4n) is 3.08. The number of fused-ring (bicyclic) bond motifs is 1. The summed E-state index contributed by atoms with van der Waals surface area (Å²) in [5.41, 5.74) is 5.29. The van der Waals surface area contributed by atoms with Gasteiger partial charge in [-0.25, -0.2) is 4.98 Å². The van der Waals surface area contributed by atoms with Crippen molar-refractivity contribution in [1.82, 2.24) is 15.0 Å². The van der Waals surface area contributed by atoms with Crippen LogP contribution in [0.2, 0.25) is 0 Å². The summed E-state index contributed by atoms with van der Waals surface area (Å²) in [4.78, 5) is 4.77. The third-order valence-electron chi connectivity index (χ3n) is 4.35. The minimum Gasteiger partial charge on any atom is -0.328 e. The van der Waals surface area contributed by atoms with Gasteiger partial charge in [0.05, 0.1) is 11.0 Å². The van der Waals surface area contributed by atoms with Gasteiger partial charge >= 0.3 is 0 Å². The lowest BCUT2D eigenvalue weighted by atomic mass is 10.1. The highest BCUT2D eigenvalue weighted by Crippen LogP contribution is 2.41. The fraction of sp³-hybridized carbons (Fsp3) is 0.533. The monoisotopic (exact) mass is 258 g/mol. The average molecular weight is 258 g/mol. The molecule has 3 N–H and O–H groups in total. The minimum atomic E-state index is 0.345. The molecule has 102 valence electrons. The number of nitrogens with zero attached hydrogens (tertiary/aromatic N) is 2. The quantitative estimate of drug-likeness (QED) is 0.638. The second-order valence-corrected chi connectivity index (χ2v) is 5.62. The smallest absolute Gasteiger partial charge is 0.111 e. The van der Waals surface area contributed by atoms with Crippen molar-refractivity contribution in [3.63, 3.8) is 0 Å². The Morgan fingerprint density at radius 3 is 2.84 bits per heavy atom. The van der Waals surface area contributed by atoms with Crippen LogP contribution in [0.5, 0.6) is 0 Å². The highest BCUT2D eigenvalue weighted by atomic mass is 15.2. The van der Waals surface area contributed by atoms with Gasteiger partial charge in [0.1, 0.15) is 5.82 Å². The lowest BCUT2D eigenvalue weighted by Crippen LogP contribution is -2.39. The van der Waals surface area contributed by atoms with Crippen LogP contribution in [0.15, 0.2) is 24.3 Å². The topological polar surface area (TPSA) is 55.9 Å². The number of hydrogen-bond acceptors (Lipinski definition) is 3. The van der Waals surface area contributed by atoms with E-state index in [1.807, 2.05) is 6.07 Å². The number of aromatic nitrogens is 2. The first-order valence-corrected chi connectivity index (χ1v) is 7.14. The minimum absolute atomic E-state index is 0.345. The molecule has 1 heterocycles. The van der Waals surface area contributed by atoms with Crippen LogP contribution in [0.25, 0.3) is 11.0 Å². The number of imidazole rings is 1. The molecule has 0 bridgehead atoms. The van der Waals surface area contributed by atoms with Gasteiger partial charge in [-0.3, -0.25) is 11.3 Å². The van der Waals surface area contributed by atoms with Gasteiger partial charge < -0.3 is 4.57 Å². The number of aryl methyl sites for hydroxylation is 1. The van der Waals surface area contributed by atoms with Crippen LogP contribution < -0.4 is 11.3 Å². The fourth-order valence-corrected chi connectivity index (χ4v) is 3.08. The van der Waals surface area contributed by atoms with E-state index in [0.29, 0.717) is 12.0 Å². The molecule has 4 nitrogen and oxygen atoms in total. The van der Waals surface area contributed by atoms with Gasteiger partial charge in [0.15, 0.2) is 0 Å². The molecule has 0 aliphatic heterocycles. The maximum atomic E-state index is 5.72. The molecule has 4 heteroatoms. The standard InChI is InChI=1S/C15H22N4/c1-3-19-14-7-5-4-6-12(14)17-15(19)9-13(18-16)11-8-10(11)2/h4-7,10-11,13,18H,3,8-9,16H2,1-2H3. The molecule has 0 radical (unpaired) electrons.